The molecule has 0 saturated heterocycles. The molecular formula is C13H13ClN4. The van der Waals surface area contributed by atoms with Gasteiger partial charge in [-0.3, -0.25) is 0 Å². The van der Waals surface area contributed by atoms with E-state index in [2.05, 4.69) is 20.6 Å². The number of anilines is 2. The number of nitrogens with one attached hydrogen (secondary N) is 2. The SMILES string of the molecule is Clc1nc2c(c(Nc3ccccc3)n1)CNCC2. The molecule has 0 fully saturated rings. The third-order valence-electron chi connectivity index (χ3n) is 2.94. The van der Waals surface area contributed by atoms with Gasteiger partial charge < -0.3 is 10.6 Å². The summed E-state index contributed by atoms with van der Waals surface area (Å²) in [5.41, 5.74) is 3.14. The van der Waals surface area contributed by atoms with Gasteiger partial charge >= 0.3 is 0 Å². The number of rotatable bonds is 2. The highest BCUT2D eigenvalue weighted by molar-refractivity contribution is 6.28. The molecule has 18 heavy (non-hydrogen) atoms. The summed E-state index contributed by atoms with van der Waals surface area (Å²) in [6.07, 6.45) is 0.890. The predicted octanol–water partition coefficient (Wildman–Crippen LogP) is 2.52. The summed E-state index contributed by atoms with van der Waals surface area (Å²) in [5.74, 6) is 0.795. The van der Waals surface area contributed by atoms with Gasteiger partial charge in [0.1, 0.15) is 5.82 Å². The third kappa shape index (κ3) is 2.30. The largest absolute Gasteiger partial charge is 0.340 e. The number of fused-ring (bicyclic) bond motifs is 1. The van der Waals surface area contributed by atoms with E-state index in [1.54, 1.807) is 0 Å². The molecule has 2 aromatic rings. The molecule has 1 aromatic heterocycles. The lowest BCUT2D eigenvalue weighted by Crippen LogP contribution is -2.26. The van der Waals surface area contributed by atoms with Crippen LogP contribution in [0.2, 0.25) is 5.28 Å². The third-order valence-corrected chi connectivity index (χ3v) is 3.11. The molecule has 1 aliphatic heterocycles. The highest BCUT2D eigenvalue weighted by Crippen LogP contribution is 2.24. The Hall–Kier alpha value is -1.65. The fourth-order valence-corrected chi connectivity index (χ4v) is 2.26. The Morgan fingerprint density at radius 3 is 2.83 bits per heavy atom. The van der Waals surface area contributed by atoms with Crippen molar-refractivity contribution in [3.05, 3.63) is 46.9 Å². The molecule has 1 aliphatic rings. The van der Waals surface area contributed by atoms with Gasteiger partial charge in [0.15, 0.2) is 0 Å². The average Bonchev–Trinajstić information content (AvgIpc) is 2.40. The van der Waals surface area contributed by atoms with E-state index in [0.29, 0.717) is 5.28 Å². The molecule has 0 atom stereocenters. The predicted molar refractivity (Wildman–Crippen MR) is 72.2 cm³/mol. The summed E-state index contributed by atoms with van der Waals surface area (Å²) in [4.78, 5) is 8.58. The van der Waals surface area contributed by atoms with Crippen LogP contribution in [0.4, 0.5) is 11.5 Å². The van der Waals surface area contributed by atoms with Crippen molar-refractivity contribution in [1.29, 1.82) is 0 Å². The molecule has 4 nitrogen and oxygen atoms in total. The average molecular weight is 261 g/mol. The second kappa shape index (κ2) is 4.92. The molecule has 3 rings (SSSR count). The summed E-state index contributed by atoms with van der Waals surface area (Å²) >= 11 is 5.97. The maximum atomic E-state index is 5.97. The van der Waals surface area contributed by atoms with Crippen molar-refractivity contribution >= 4 is 23.1 Å². The molecule has 0 aliphatic carbocycles. The van der Waals surface area contributed by atoms with E-state index >= 15 is 0 Å². The molecule has 0 unspecified atom stereocenters. The van der Waals surface area contributed by atoms with Crippen molar-refractivity contribution in [1.82, 2.24) is 15.3 Å². The first-order chi connectivity index (χ1) is 8.83. The lowest BCUT2D eigenvalue weighted by atomic mass is 10.1. The fourth-order valence-electron chi connectivity index (χ4n) is 2.07. The summed E-state index contributed by atoms with van der Waals surface area (Å²) in [7, 11) is 0. The maximum Gasteiger partial charge on any atom is 0.224 e. The van der Waals surface area contributed by atoms with Crippen LogP contribution in [0.25, 0.3) is 0 Å². The molecule has 0 bridgehead atoms. The monoisotopic (exact) mass is 260 g/mol. The van der Waals surface area contributed by atoms with Gasteiger partial charge in [-0.2, -0.15) is 0 Å². The molecule has 1 aromatic carbocycles. The zero-order valence-corrected chi connectivity index (χ0v) is 10.5. The summed E-state index contributed by atoms with van der Waals surface area (Å²) < 4.78 is 0. The van der Waals surface area contributed by atoms with Crippen molar-refractivity contribution < 1.29 is 0 Å². The van der Waals surface area contributed by atoms with Gasteiger partial charge in [0.2, 0.25) is 5.28 Å². The topological polar surface area (TPSA) is 49.8 Å². The number of para-hydroxylation sites is 1. The molecule has 5 heteroatoms. The zero-order chi connectivity index (χ0) is 12.4. The molecule has 0 spiro atoms. The van der Waals surface area contributed by atoms with Crippen molar-refractivity contribution in [3.8, 4) is 0 Å². The normalized spacial score (nSPS) is 14.1. The van der Waals surface area contributed by atoms with Gasteiger partial charge in [-0.1, -0.05) is 18.2 Å². The number of aromatic nitrogens is 2. The second-order valence-corrected chi connectivity index (χ2v) is 4.52. The molecular weight excluding hydrogens is 248 g/mol. The van der Waals surface area contributed by atoms with E-state index in [0.717, 1.165) is 42.3 Å². The Balaban J connectivity index is 1.98. The minimum absolute atomic E-state index is 0.300. The smallest absolute Gasteiger partial charge is 0.224 e. The number of hydrogen-bond donors (Lipinski definition) is 2. The lowest BCUT2D eigenvalue weighted by Gasteiger charge is -2.19. The number of nitrogens with zero attached hydrogens (tertiary/aromatic N) is 2. The molecule has 2 N–H and O–H groups in total. The van der Waals surface area contributed by atoms with Crippen LogP contribution < -0.4 is 10.6 Å². The summed E-state index contributed by atoms with van der Waals surface area (Å²) in [6.45, 7) is 1.72. The molecule has 0 amide bonds. The Labute approximate surface area is 110 Å². The van der Waals surface area contributed by atoms with Crippen molar-refractivity contribution in [3.63, 3.8) is 0 Å². The molecule has 0 saturated carbocycles. The number of benzene rings is 1. The minimum atomic E-state index is 0.300. The molecule has 0 radical (unpaired) electrons. The lowest BCUT2D eigenvalue weighted by molar-refractivity contribution is 0.628. The Kier molecular flexibility index (Phi) is 3.13. The minimum Gasteiger partial charge on any atom is -0.340 e. The Morgan fingerprint density at radius 2 is 2.00 bits per heavy atom. The van der Waals surface area contributed by atoms with E-state index in [1.807, 2.05) is 30.3 Å². The van der Waals surface area contributed by atoms with E-state index in [4.69, 9.17) is 11.6 Å². The quantitative estimate of drug-likeness (QED) is 0.815. The first-order valence-electron chi connectivity index (χ1n) is 5.91. The van der Waals surface area contributed by atoms with Gasteiger partial charge in [-0.25, -0.2) is 9.97 Å². The van der Waals surface area contributed by atoms with Crippen molar-refractivity contribution in [2.75, 3.05) is 11.9 Å². The van der Waals surface area contributed by atoms with Crippen LogP contribution in [0.5, 0.6) is 0 Å². The van der Waals surface area contributed by atoms with Gasteiger partial charge in [-0.15, -0.1) is 0 Å². The van der Waals surface area contributed by atoms with Gasteiger partial charge in [0.25, 0.3) is 0 Å². The van der Waals surface area contributed by atoms with Crippen LogP contribution in [0, 0.1) is 0 Å². The van der Waals surface area contributed by atoms with E-state index < -0.39 is 0 Å². The highest BCUT2D eigenvalue weighted by atomic mass is 35.5. The molecule has 2 heterocycles. The van der Waals surface area contributed by atoms with Gasteiger partial charge in [-0.05, 0) is 23.7 Å². The number of halogens is 1. The standard InChI is InChI=1S/C13H13ClN4/c14-13-17-11-6-7-15-8-10(11)12(18-13)16-9-4-2-1-3-5-9/h1-5,15H,6-8H2,(H,16,17,18). The van der Waals surface area contributed by atoms with E-state index in [1.165, 1.54) is 0 Å². The Morgan fingerprint density at radius 1 is 1.17 bits per heavy atom. The van der Waals surface area contributed by atoms with Crippen molar-refractivity contribution in [2.45, 2.75) is 13.0 Å². The highest BCUT2D eigenvalue weighted by Gasteiger charge is 2.16. The van der Waals surface area contributed by atoms with E-state index in [9.17, 15) is 0 Å². The van der Waals surface area contributed by atoms with Crippen LogP contribution in [-0.4, -0.2) is 16.5 Å². The van der Waals surface area contributed by atoms with Crippen LogP contribution in [-0.2, 0) is 13.0 Å². The first kappa shape index (κ1) is 11.4. The van der Waals surface area contributed by atoms with E-state index in [-0.39, 0.29) is 0 Å². The van der Waals surface area contributed by atoms with Crippen LogP contribution in [0.15, 0.2) is 30.3 Å². The number of hydrogen-bond acceptors (Lipinski definition) is 4. The van der Waals surface area contributed by atoms with Crippen LogP contribution >= 0.6 is 11.6 Å². The summed E-state index contributed by atoms with van der Waals surface area (Å²) in [5, 5.41) is 6.92. The van der Waals surface area contributed by atoms with Gasteiger partial charge in [0, 0.05) is 30.8 Å². The van der Waals surface area contributed by atoms with Gasteiger partial charge in [0.05, 0.1) is 5.69 Å². The Bertz CT molecular complexity index is 556. The van der Waals surface area contributed by atoms with Crippen LogP contribution in [0.1, 0.15) is 11.3 Å². The molecule has 92 valence electrons. The second-order valence-electron chi connectivity index (χ2n) is 4.18. The van der Waals surface area contributed by atoms with Crippen molar-refractivity contribution in [2.24, 2.45) is 0 Å². The van der Waals surface area contributed by atoms with Crippen LogP contribution in [0.3, 0.4) is 0 Å². The maximum absolute atomic E-state index is 5.97. The zero-order valence-electron chi connectivity index (χ0n) is 9.78. The first-order valence-corrected chi connectivity index (χ1v) is 6.29. The summed E-state index contributed by atoms with van der Waals surface area (Å²) in [6, 6.07) is 9.94. The fraction of sp³-hybridized carbons (Fsp3) is 0.231.